The molecule has 29 heavy (non-hydrogen) atoms. The molecular weight excluding hydrogens is 461 g/mol. The molecule has 0 amide bonds. The minimum Gasteiger partial charge on any atom is -0.443 e. The first-order valence-corrected chi connectivity index (χ1v) is 11.6. The van der Waals surface area contributed by atoms with E-state index in [1.54, 1.807) is 36.4 Å². The zero-order valence-electron chi connectivity index (χ0n) is 15.5. The predicted octanol–water partition coefficient (Wildman–Crippen LogP) is 4.69. The maximum atomic E-state index is 13.9. The van der Waals surface area contributed by atoms with Crippen LogP contribution in [-0.4, -0.2) is 31.1 Å². The summed E-state index contributed by atoms with van der Waals surface area (Å²) in [6, 6.07) is 12.4. The van der Waals surface area contributed by atoms with Crippen LogP contribution >= 0.6 is 15.9 Å². The van der Waals surface area contributed by atoms with Gasteiger partial charge >= 0.3 is 0 Å². The molecule has 2 aromatic carbocycles. The number of hydrogen-bond donors (Lipinski definition) is 0. The third kappa shape index (κ3) is 4.01. The third-order valence-corrected chi connectivity index (χ3v) is 7.45. The predicted molar refractivity (Wildman–Crippen MR) is 111 cm³/mol. The molecule has 5 nitrogen and oxygen atoms in total. The molecule has 4 rings (SSSR count). The fourth-order valence-electron chi connectivity index (χ4n) is 3.71. The highest BCUT2D eigenvalue weighted by Gasteiger charge is 2.40. The molecule has 1 aliphatic rings. The number of carbonyl (C=O) groups is 1. The van der Waals surface area contributed by atoms with Gasteiger partial charge in [-0.15, -0.1) is 0 Å². The van der Waals surface area contributed by atoms with Crippen LogP contribution in [0, 0.1) is 5.82 Å². The average molecular weight is 480 g/mol. The standard InChI is InChI=1S/C21H19BrFNO4S/c22-16-8-9-17(23)14(12-16)7-10-19(25)18-5-3-11-24(18)29(26,27)21-13-15-4-1-2-6-20(15)28-21/h1-2,4,6,8-9,12-13,18H,3,5,7,10-11H2/t18-/m0/s1. The summed E-state index contributed by atoms with van der Waals surface area (Å²) in [5.41, 5.74) is 0.913. The Bertz CT molecular complexity index is 1140. The Kier molecular flexibility index (Phi) is 5.59. The highest BCUT2D eigenvalue weighted by atomic mass is 79.9. The number of halogens is 2. The number of furan rings is 1. The van der Waals surface area contributed by atoms with E-state index in [0.717, 1.165) is 4.47 Å². The molecule has 0 unspecified atom stereocenters. The van der Waals surface area contributed by atoms with Crippen LogP contribution < -0.4 is 0 Å². The van der Waals surface area contributed by atoms with Crippen molar-refractivity contribution in [2.75, 3.05) is 6.54 Å². The average Bonchev–Trinajstić information content (AvgIpc) is 3.36. The fraction of sp³-hybridized carbons (Fsp3) is 0.286. The summed E-state index contributed by atoms with van der Waals surface area (Å²) in [6.45, 7) is 0.265. The number of fused-ring (bicyclic) bond motifs is 1. The van der Waals surface area contributed by atoms with Crippen molar-refractivity contribution >= 4 is 42.7 Å². The second-order valence-electron chi connectivity index (χ2n) is 7.08. The minimum atomic E-state index is -3.93. The smallest absolute Gasteiger partial charge is 0.277 e. The molecule has 0 spiro atoms. The van der Waals surface area contributed by atoms with Crippen LogP contribution in [0.15, 0.2) is 62.5 Å². The van der Waals surface area contributed by atoms with E-state index in [1.807, 2.05) is 0 Å². The van der Waals surface area contributed by atoms with E-state index in [1.165, 1.54) is 16.4 Å². The maximum Gasteiger partial charge on any atom is 0.277 e. The number of sulfonamides is 1. The van der Waals surface area contributed by atoms with Crippen LogP contribution in [0.1, 0.15) is 24.8 Å². The van der Waals surface area contributed by atoms with Crippen molar-refractivity contribution in [2.45, 2.75) is 36.8 Å². The van der Waals surface area contributed by atoms with E-state index in [4.69, 9.17) is 4.42 Å². The van der Waals surface area contributed by atoms with Crippen LogP contribution in [0.4, 0.5) is 4.39 Å². The number of aryl methyl sites for hydroxylation is 1. The van der Waals surface area contributed by atoms with Gasteiger partial charge < -0.3 is 4.42 Å². The first kappa shape index (κ1) is 20.3. The fourth-order valence-corrected chi connectivity index (χ4v) is 5.75. The first-order valence-electron chi connectivity index (χ1n) is 9.33. The van der Waals surface area contributed by atoms with Crippen molar-refractivity contribution in [1.29, 1.82) is 0 Å². The monoisotopic (exact) mass is 479 g/mol. The highest BCUT2D eigenvalue weighted by Crippen LogP contribution is 2.31. The van der Waals surface area contributed by atoms with Crippen LogP contribution in [0.25, 0.3) is 11.0 Å². The summed E-state index contributed by atoms with van der Waals surface area (Å²) in [6.07, 6.45) is 1.35. The topological polar surface area (TPSA) is 67.6 Å². The molecule has 2 heterocycles. The van der Waals surface area contributed by atoms with Gasteiger partial charge in [0.2, 0.25) is 5.09 Å². The lowest BCUT2D eigenvalue weighted by Crippen LogP contribution is -2.40. The van der Waals surface area contributed by atoms with Crippen LogP contribution in [0.2, 0.25) is 0 Å². The Morgan fingerprint density at radius 1 is 1.21 bits per heavy atom. The molecule has 3 aromatic rings. The minimum absolute atomic E-state index is 0.0736. The van der Waals surface area contributed by atoms with E-state index >= 15 is 0 Å². The van der Waals surface area contributed by atoms with Gasteiger partial charge in [0.05, 0.1) is 6.04 Å². The van der Waals surface area contributed by atoms with Crippen molar-refractivity contribution in [3.8, 4) is 0 Å². The summed E-state index contributed by atoms with van der Waals surface area (Å²) >= 11 is 3.30. The van der Waals surface area contributed by atoms with Gasteiger partial charge in [0, 0.05) is 28.9 Å². The summed E-state index contributed by atoms with van der Waals surface area (Å²) in [5, 5.41) is 0.537. The van der Waals surface area contributed by atoms with E-state index < -0.39 is 16.1 Å². The van der Waals surface area contributed by atoms with Gasteiger partial charge in [0.25, 0.3) is 10.0 Å². The lowest BCUT2D eigenvalue weighted by atomic mass is 10.0. The van der Waals surface area contributed by atoms with Gasteiger partial charge in [-0.1, -0.05) is 34.1 Å². The second-order valence-corrected chi connectivity index (χ2v) is 9.82. The largest absolute Gasteiger partial charge is 0.443 e. The number of carbonyl (C=O) groups excluding carboxylic acids is 1. The Balaban J connectivity index is 1.53. The van der Waals surface area contributed by atoms with Crippen LogP contribution in [0.5, 0.6) is 0 Å². The molecule has 0 aliphatic carbocycles. The van der Waals surface area contributed by atoms with Crippen molar-refractivity contribution in [3.63, 3.8) is 0 Å². The molecule has 152 valence electrons. The second kappa shape index (κ2) is 8.01. The number of nitrogens with zero attached hydrogens (tertiary/aromatic N) is 1. The first-order chi connectivity index (χ1) is 13.9. The molecule has 8 heteroatoms. The van der Waals surface area contributed by atoms with Crippen LogP contribution in [0.3, 0.4) is 0 Å². The van der Waals surface area contributed by atoms with Crippen molar-refractivity contribution < 1.29 is 22.0 Å². The molecular formula is C21H19BrFNO4S. The SMILES string of the molecule is O=C(CCc1cc(Br)ccc1F)[C@@H]1CCCN1S(=O)(=O)c1cc2ccccc2o1. The number of benzene rings is 2. The lowest BCUT2D eigenvalue weighted by molar-refractivity contribution is -0.122. The summed E-state index contributed by atoms with van der Waals surface area (Å²) in [7, 11) is -3.93. The quantitative estimate of drug-likeness (QED) is 0.514. The molecule has 1 fully saturated rings. The number of Topliss-reactive ketones (excluding diaryl/α,β-unsaturated/α-hetero) is 1. The highest BCUT2D eigenvalue weighted by molar-refractivity contribution is 9.10. The molecule has 0 N–H and O–H groups in total. The number of rotatable bonds is 6. The Morgan fingerprint density at radius 3 is 2.79 bits per heavy atom. The van der Waals surface area contributed by atoms with E-state index in [-0.39, 0.29) is 36.1 Å². The van der Waals surface area contributed by atoms with Crippen LogP contribution in [-0.2, 0) is 21.2 Å². The molecule has 1 aromatic heterocycles. The zero-order valence-corrected chi connectivity index (χ0v) is 17.9. The summed E-state index contributed by atoms with van der Waals surface area (Å²) in [5.74, 6) is -0.583. The van der Waals surface area contributed by atoms with E-state index in [9.17, 15) is 17.6 Å². The van der Waals surface area contributed by atoms with Gasteiger partial charge in [-0.25, -0.2) is 12.8 Å². The Hall–Kier alpha value is -2.03. The van der Waals surface area contributed by atoms with Gasteiger partial charge in [0.15, 0.2) is 5.78 Å². The lowest BCUT2D eigenvalue weighted by Gasteiger charge is -2.21. The summed E-state index contributed by atoms with van der Waals surface area (Å²) < 4.78 is 47.6. The third-order valence-electron chi connectivity index (χ3n) is 5.19. The number of para-hydroxylation sites is 1. The molecule has 0 bridgehead atoms. The van der Waals surface area contributed by atoms with Gasteiger partial charge in [-0.2, -0.15) is 4.31 Å². The van der Waals surface area contributed by atoms with Gasteiger partial charge in [0.1, 0.15) is 11.4 Å². The normalized spacial score (nSPS) is 17.8. The van der Waals surface area contributed by atoms with Gasteiger partial charge in [-0.3, -0.25) is 4.79 Å². The van der Waals surface area contributed by atoms with E-state index in [0.29, 0.717) is 29.4 Å². The molecule has 1 atom stereocenters. The Labute approximate surface area is 176 Å². The zero-order chi connectivity index (χ0) is 20.6. The van der Waals surface area contributed by atoms with Crippen molar-refractivity contribution in [3.05, 3.63) is 64.4 Å². The Morgan fingerprint density at radius 2 is 2.00 bits per heavy atom. The number of ketones is 1. The number of hydrogen-bond acceptors (Lipinski definition) is 4. The van der Waals surface area contributed by atoms with Crippen molar-refractivity contribution in [1.82, 2.24) is 4.31 Å². The molecule has 0 saturated carbocycles. The van der Waals surface area contributed by atoms with Crippen molar-refractivity contribution in [2.24, 2.45) is 0 Å². The molecule has 1 aliphatic heterocycles. The maximum absolute atomic E-state index is 13.9. The molecule has 1 saturated heterocycles. The van der Waals surface area contributed by atoms with Gasteiger partial charge in [-0.05, 0) is 49.1 Å². The molecule has 0 radical (unpaired) electrons. The summed E-state index contributed by atoms with van der Waals surface area (Å²) in [4.78, 5) is 12.8. The van der Waals surface area contributed by atoms with E-state index in [2.05, 4.69) is 15.9 Å².